The van der Waals surface area contributed by atoms with Gasteiger partial charge >= 0.3 is 0 Å². The maximum absolute atomic E-state index is 12.7. The van der Waals surface area contributed by atoms with Gasteiger partial charge in [0.25, 0.3) is 10.0 Å². The molecule has 2 aromatic carbocycles. The molecular formula is C19H19N3O3S. The maximum Gasteiger partial charge on any atom is 0.261 e. The van der Waals surface area contributed by atoms with Crippen LogP contribution in [0.15, 0.2) is 47.4 Å². The molecule has 0 aliphatic carbocycles. The summed E-state index contributed by atoms with van der Waals surface area (Å²) in [5, 5.41) is 8.69. The number of carbonyl (C=O) groups excluding carboxylic acids is 1. The molecule has 1 N–H and O–H groups in total. The summed E-state index contributed by atoms with van der Waals surface area (Å²) < 4.78 is 27.9. The van der Waals surface area contributed by atoms with Gasteiger partial charge in [0, 0.05) is 24.8 Å². The van der Waals surface area contributed by atoms with Crippen LogP contribution in [0.5, 0.6) is 0 Å². The number of hydrogen-bond donors (Lipinski definition) is 1. The van der Waals surface area contributed by atoms with Crippen LogP contribution in [0.4, 0.5) is 11.4 Å². The van der Waals surface area contributed by atoms with Crippen LogP contribution < -0.4 is 9.62 Å². The van der Waals surface area contributed by atoms with Gasteiger partial charge in [-0.3, -0.25) is 9.52 Å². The minimum Gasteiger partial charge on any atom is -0.312 e. The second kappa shape index (κ2) is 7.18. The van der Waals surface area contributed by atoms with Crippen LogP contribution in [0.3, 0.4) is 0 Å². The summed E-state index contributed by atoms with van der Waals surface area (Å²) in [4.78, 5) is 13.6. The molecule has 0 saturated heterocycles. The molecule has 6 nitrogen and oxygen atoms in total. The van der Waals surface area contributed by atoms with Crippen LogP contribution in [-0.2, 0) is 27.7 Å². The van der Waals surface area contributed by atoms with Gasteiger partial charge < -0.3 is 4.90 Å². The number of rotatable bonds is 4. The number of nitrogens with one attached hydrogen (secondary N) is 1. The summed E-state index contributed by atoms with van der Waals surface area (Å²) in [6.07, 6.45) is 1.83. The molecule has 0 fully saturated rings. The fourth-order valence-corrected chi connectivity index (χ4v) is 4.17. The lowest BCUT2D eigenvalue weighted by Gasteiger charge is -2.28. The first-order chi connectivity index (χ1) is 12.4. The topological polar surface area (TPSA) is 90.3 Å². The van der Waals surface area contributed by atoms with E-state index in [1.54, 1.807) is 41.3 Å². The molecule has 0 aromatic heterocycles. The number of hydrogen-bond acceptors (Lipinski definition) is 4. The summed E-state index contributed by atoms with van der Waals surface area (Å²) in [7, 11) is -3.73. The van der Waals surface area contributed by atoms with Crippen molar-refractivity contribution < 1.29 is 13.2 Å². The molecule has 26 heavy (non-hydrogen) atoms. The summed E-state index contributed by atoms with van der Waals surface area (Å²) in [6, 6.07) is 13.6. The fraction of sp³-hybridized carbons (Fsp3) is 0.263. The Bertz CT molecular complexity index is 976. The van der Waals surface area contributed by atoms with Crippen molar-refractivity contribution in [3.8, 4) is 6.07 Å². The van der Waals surface area contributed by atoms with Crippen molar-refractivity contribution >= 4 is 27.3 Å². The van der Waals surface area contributed by atoms with Gasteiger partial charge in [-0.25, -0.2) is 8.42 Å². The van der Waals surface area contributed by atoms with Gasteiger partial charge in [0.05, 0.1) is 17.4 Å². The molecule has 1 amide bonds. The van der Waals surface area contributed by atoms with Crippen LogP contribution in [-0.4, -0.2) is 20.9 Å². The molecule has 1 heterocycles. The highest BCUT2D eigenvalue weighted by atomic mass is 32.2. The molecular weight excluding hydrogens is 350 g/mol. The molecule has 7 heteroatoms. The zero-order chi connectivity index (χ0) is 18.7. The van der Waals surface area contributed by atoms with Crippen LogP contribution in [0.1, 0.15) is 24.5 Å². The van der Waals surface area contributed by atoms with Gasteiger partial charge in [-0.05, 0) is 54.3 Å². The lowest BCUT2D eigenvalue weighted by atomic mass is 10.0. The van der Waals surface area contributed by atoms with E-state index in [0.29, 0.717) is 12.2 Å². The number of fused-ring (bicyclic) bond motifs is 1. The zero-order valence-corrected chi connectivity index (χ0v) is 15.2. The highest BCUT2D eigenvalue weighted by Gasteiger charge is 2.23. The standard InChI is InChI=1S/C19H19N3O3S/c1-14(23)22-12-2-3-16-13-18(8-9-19(16)22)26(24,25)21-17-6-4-15(5-7-17)10-11-20/h4-9,13,21H,2-3,10,12H2,1H3. The van der Waals surface area contributed by atoms with Crippen molar-refractivity contribution in [2.24, 2.45) is 0 Å². The second-order valence-corrected chi connectivity index (χ2v) is 7.88. The first-order valence-corrected chi connectivity index (χ1v) is 9.79. The Balaban J connectivity index is 1.86. The van der Waals surface area contributed by atoms with Crippen LogP contribution in [0.25, 0.3) is 0 Å². The highest BCUT2D eigenvalue weighted by molar-refractivity contribution is 7.92. The number of aryl methyl sites for hydroxylation is 1. The molecule has 0 radical (unpaired) electrons. The van der Waals surface area contributed by atoms with E-state index in [2.05, 4.69) is 10.8 Å². The monoisotopic (exact) mass is 369 g/mol. The van der Waals surface area contributed by atoms with Gasteiger partial charge in [0.2, 0.25) is 5.91 Å². The Morgan fingerprint density at radius 1 is 1.23 bits per heavy atom. The number of nitrogens with zero attached hydrogens (tertiary/aromatic N) is 2. The van der Waals surface area contributed by atoms with E-state index in [4.69, 9.17) is 5.26 Å². The molecule has 3 rings (SSSR count). The molecule has 0 saturated carbocycles. The first-order valence-electron chi connectivity index (χ1n) is 8.30. The third-order valence-electron chi connectivity index (χ3n) is 4.35. The predicted octanol–water partition coefficient (Wildman–Crippen LogP) is 2.85. The second-order valence-electron chi connectivity index (χ2n) is 6.20. The normalized spacial score (nSPS) is 13.6. The lowest BCUT2D eigenvalue weighted by molar-refractivity contribution is -0.116. The summed E-state index contributed by atoms with van der Waals surface area (Å²) in [5.74, 6) is -0.0443. The largest absolute Gasteiger partial charge is 0.312 e. The van der Waals surface area contributed by atoms with Crippen molar-refractivity contribution in [2.75, 3.05) is 16.2 Å². The Labute approximate surface area is 153 Å². The molecule has 1 aliphatic rings. The van der Waals surface area contributed by atoms with Crippen molar-refractivity contribution in [1.29, 1.82) is 5.26 Å². The van der Waals surface area contributed by atoms with Gasteiger partial charge in [-0.2, -0.15) is 5.26 Å². The summed E-state index contributed by atoms with van der Waals surface area (Å²) in [5.41, 5.74) is 2.91. The van der Waals surface area contributed by atoms with E-state index < -0.39 is 10.0 Å². The van der Waals surface area contributed by atoms with E-state index in [-0.39, 0.29) is 17.2 Å². The van der Waals surface area contributed by atoms with E-state index in [0.717, 1.165) is 29.7 Å². The Morgan fingerprint density at radius 3 is 2.62 bits per heavy atom. The molecule has 1 aliphatic heterocycles. The third-order valence-corrected chi connectivity index (χ3v) is 5.73. The Kier molecular flexibility index (Phi) is 4.96. The van der Waals surface area contributed by atoms with E-state index in [1.165, 1.54) is 13.0 Å². The van der Waals surface area contributed by atoms with Gasteiger partial charge in [-0.1, -0.05) is 12.1 Å². The van der Waals surface area contributed by atoms with E-state index >= 15 is 0 Å². The van der Waals surface area contributed by atoms with Crippen LogP contribution in [0, 0.1) is 11.3 Å². The van der Waals surface area contributed by atoms with Gasteiger partial charge in [-0.15, -0.1) is 0 Å². The van der Waals surface area contributed by atoms with E-state index in [1.807, 2.05) is 0 Å². The van der Waals surface area contributed by atoms with Crippen LogP contribution >= 0.6 is 0 Å². The van der Waals surface area contributed by atoms with Crippen molar-refractivity contribution in [3.05, 3.63) is 53.6 Å². The number of nitriles is 1. The first kappa shape index (κ1) is 18.0. The Morgan fingerprint density at radius 2 is 1.96 bits per heavy atom. The maximum atomic E-state index is 12.7. The van der Waals surface area contributed by atoms with Crippen LogP contribution in [0.2, 0.25) is 0 Å². The number of sulfonamides is 1. The summed E-state index contributed by atoms with van der Waals surface area (Å²) >= 11 is 0. The molecule has 134 valence electrons. The highest BCUT2D eigenvalue weighted by Crippen LogP contribution is 2.30. The van der Waals surface area contributed by atoms with Gasteiger partial charge in [0.1, 0.15) is 0 Å². The molecule has 0 unspecified atom stereocenters. The Hall–Kier alpha value is -2.85. The zero-order valence-electron chi connectivity index (χ0n) is 14.4. The third kappa shape index (κ3) is 3.70. The molecule has 0 spiro atoms. The van der Waals surface area contributed by atoms with Crippen molar-refractivity contribution in [3.63, 3.8) is 0 Å². The SMILES string of the molecule is CC(=O)N1CCCc2cc(S(=O)(=O)Nc3ccc(CC#N)cc3)ccc21. The van der Waals surface area contributed by atoms with Crippen molar-refractivity contribution in [2.45, 2.75) is 31.1 Å². The smallest absolute Gasteiger partial charge is 0.261 e. The number of amides is 1. The number of carbonyl (C=O) groups is 1. The van der Waals surface area contributed by atoms with Gasteiger partial charge in [0.15, 0.2) is 0 Å². The quantitative estimate of drug-likeness (QED) is 0.897. The lowest BCUT2D eigenvalue weighted by Crippen LogP contribution is -2.33. The van der Waals surface area contributed by atoms with Crippen molar-refractivity contribution in [1.82, 2.24) is 0 Å². The molecule has 0 bridgehead atoms. The fourth-order valence-electron chi connectivity index (χ4n) is 3.06. The minimum atomic E-state index is -3.73. The molecule has 0 atom stereocenters. The average molecular weight is 369 g/mol. The molecule has 2 aromatic rings. The number of anilines is 2. The summed E-state index contributed by atoms with van der Waals surface area (Å²) in [6.45, 7) is 2.17. The minimum absolute atomic E-state index is 0.0443. The predicted molar refractivity (Wildman–Crippen MR) is 99.4 cm³/mol. The average Bonchev–Trinajstić information content (AvgIpc) is 2.62. The number of benzene rings is 2. The van der Waals surface area contributed by atoms with E-state index in [9.17, 15) is 13.2 Å².